The first-order chi connectivity index (χ1) is 17.3. The zero-order valence-electron chi connectivity index (χ0n) is 20.2. The van der Waals surface area contributed by atoms with Gasteiger partial charge in [-0.05, 0) is 54.3 Å². The lowest BCUT2D eigenvalue weighted by atomic mass is 10.0. The molecule has 0 fully saturated rings. The van der Waals surface area contributed by atoms with Gasteiger partial charge in [0, 0.05) is 0 Å². The molecule has 0 bridgehead atoms. The third-order valence-corrected chi connectivity index (χ3v) is 7.00. The molecule has 0 aliphatic rings. The molecule has 0 heterocycles. The number of sulfone groups is 1. The zero-order chi connectivity index (χ0) is 26.0. The van der Waals surface area contributed by atoms with Gasteiger partial charge in [-0.1, -0.05) is 62.4 Å². The van der Waals surface area contributed by atoms with Gasteiger partial charge in [-0.25, -0.2) is 8.42 Å². The number of nitrogens with zero attached hydrogens (tertiary/aromatic N) is 2. The van der Waals surface area contributed by atoms with Crippen molar-refractivity contribution >= 4 is 33.4 Å². The van der Waals surface area contributed by atoms with E-state index in [1.807, 2.05) is 74.5 Å². The standard InChI is InChI=1S/C27H30N4O4S/c1-20(2)26(27(33)29-24(18-32)17-21-9-5-3-6-10-21)28-19-36(34,35)25-15-13-23(14-16-25)31-30-22-11-7-4-8-12-22/h3-16,18,20,24,26,28H,17,19H2,1-2H3,(H,29,33)/t24-,26-/m0/s1. The van der Waals surface area contributed by atoms with Crippen LogP contribution in [0.15, 0.2) is 100 Å². The van der Waals surface area contributed by atoms with Gasteiger partial charge < -0.3 is 10.1 Å². The largest absolute Gasteiger partial charge is 0.345 e. The number of hydrogen-bond donors (Lipinski definition) is 2. The van der Waals surface area contributed by atoms with Crippen LogP contribution in [0, 0.1) is 5.92 Å². The highest BCUT2D eigenvalue weighted by atomic mass is 32.2. The minimum absolute atomic E-state index is 0.103. The Balaban J connectivity index is 1.61. The summed E-state index contributed by atoms with van der Waals surface area (Å²) in [5, 5.41) is 13.8. The van der Waals surface area contributed by atoms with Crippen molar-refractivity contribution in [3.63, 3.8) is 0 Å². The van der Waals surface area contributed by atoms with Gasteiger partial charge in [0.25, 0.3) is 0 Å². The Bertz CT molecular complexity index is 1260. The molecule has 3 rings (SSSR count). The van der Waals surface area contributed by atoms with Crippen LogP contribution in [0.1, 0.15) is 19.4 Å². The minimum atomic E-state index is -3.72. The Hall–Kier alpha value is -3.69. The van der Waals surface area contributed by atoms with Gasteiger partial charge in [-0.2, -0.15) is 10.2 Å². The van der Waals surface area contributed by atoms with E-state index in [1.165, 1.54) is 12.1 Å². The van der Waals surface area contributed by atoms with Crippen molar-refractivity contribution in [2.24, 2.45) is 16.1 Å². The topological polar surface area (TPSA) is 117 Å². The van der Waals surface area contributed by atoms with Gasteiger partial charge in [-0.15, -0.1) is 0 Å². The van der Waals surface area contributed by atoms with Crippen molar-refractivity contribution in [1.29, 1.82) is 0 Å². The fraction of sp³-hybridized carbons (Fsp3) is 0.259. The molecule has 0 saturated carbocycles. The smallest absolute Gasteiger partial charge is 0.238 e. The molecule has 0 spiro atoms. The summed E-state index contributed by atoms with van der Waals surface area (Å²) in [7, 11) is -3.72. The van der Waals surface area contributed by atoms with Gasteiger partial charge >= 0.3 is 0 Å². The maximum Gasteiger partial charge on any atom is 0.238 e. The van der Waals surface area contributed by atoms with E-state index in [1.54, 1.807) is 12.1 Å². The summed E-state index contributed by atoms with van der Waals surface area (Å²) >= 11 is 0. The van der Waals surface area contributed by atoms with Crippen LogP contribution < -0.4 is 10.6 Å². The van der Waals surface area contributed by atoms with Crippen LogP contribution in [0.25, 0.3) is 0 Å². The molecule has 3 aromatic carbocycles. The number of carbonyl (C=O) groups is 2. The third kappa shape index (κ3) is 7.93. The normalized spacial score (nSPS) is 13.4. The zero-order valence-corrected chi connectivity index (χ0v) is 21.1. The first-order valence-corrected chi connectivity index (χ1v) is 13.3. The predicted octanol–water partition coefficient (Wildman–Crippen LogP) is 4.37. The van der Waals surface area contributed by atoms with Gasteiger partial charge in [0.2, 0.25) is 5.91 Å². The number of nitrogens with one attached hydrogen (secondary N) is 2. The molecule has 8 nitrogen and oxygen atoms in total. The van der Waals surface area contributed by atoms with Gasteiger partial charge in [0.15, 0.2) is 9.84 Å². The monoisotopic (exact) mass is 506 g/mol. The molecular formula is C27H30N4O4S. The number of azo groups is 1. The molecule has 2 atom stereocenters. The molecule has 0 aliphatic heterocycles. The maximum absolute atomic E-state index is 12.9. The minimum Gasteiger partial charge on any atom is -0.345 e. The molecule has 0 aromatic heterocycles. The summed E-state index contributed by atoms with van der Waals surface area (Å²) in [5.41, 5.74) is 2.12. The Labute approximate surface area is 211 Å². The lowest BCUT2D eigenvalue weighted by Crippen LogP contribution is -2.52. The number of hydrogen-bond acceptors (Lipinski definition) is 7. The van der Waals surface area contributed by atoms with Crippen molar-refractivity contribution in [2.45, 2.75) is 37.2 Å². The second-order valence-electron chi connectivity index (χ2n) is 8.66. The number of benzene rings is 3. The van der Waals surface area contributed by atoms with Crippen LogP contribution in [-0.4, -0.2) is 38.6 Å². The fourth-order valence-electron chi connectivity index (χ4n) is 3.52. The van der Waals surface area contributed by atoms with Crippen LogP contribution in [0.2, 0.25) is 0 Å². The van der Waals surface area contributed by atoms with Crippen LogP contribution in [0.5, 0.6) is 0 Å². The quantitative estimate of drug-likeness (QED) is 0.279. The van der Waals surface area contributed by atoms with Crippen molar-refractivity contribution < 1.29 is 18.0 Å². The molecule has 36 heavy (non-hydrogen) atoms. The Morgan fingerprint density at radius 1 is 0.861 bits per heavy atom. The molecule has 2 N–H and O–H groups in total. The Morgan fingerprint density at radius 2 is 1.42 bits per heavy atom. The highest BCUT2D eigenvalue weighted by molar-refractivity contribution is 7.91. The molecule has 0 aliphatic carbocycles. The van der Waals surface area contributed by atoms with Gasteiger partial charge in [0.1, 0.15) is 12.2 Å². The van der Waals surface area contributed by atoms with Gasteiger partial charge in [-0.3, -0.25) is 10.1 Å². The summed E-state index contributed by atoms with van der Waals surface area (Å²) in [5.74, 6) is -1.06. The van der Waals surface area contributed by atoms with Crippen LogP contribution in [0.3, 0.4) is 0 Å². The molecule has 3 aromatic rings. The Kier molecular flexibility index (Phi) is 9.61. The molecular weight excluding hydrogens is 476 g/mol. The predicted molar refractivity (Wildman–Crippen MR) is 139 cm³/mol. The van der Waals surface area contributed by atoms with Crippen LogP contribution in [-0.2, 0) is 25.8 Å². The first-order valence-electron chi connectivity index (χ1n) is 11.6. The Morgan fingerprint density at radius 3 is 1.97 bits per heavy atom. The molecule has 0 unspecified atom stereocenters. The summed E-state index contributed by atoms with van der Waals surface area (Å²) in [6, 6.07) is 23.1. The summed E-state index contributed by atoms with van der Waals surface area (Å²) in [4.78, 5) is 24.5. The number of rotatable bonds is 12. The molecule has 0 radical (unpaired) electrons. The molecule has 1 amide bonds. The average molecular weight is 507 g/mol. The van der Waals surface area contributed by atoms with E-state index in [0.717, 1.165) is 5.56 Å². The van der Waals surface area contributed by atoms with Gasteiger partial charge in [0.05, 0.1) is 28.4 Å². The fourth-order valence-corrected chi connectivity index (χ4v) is 4.63. The van der Waals surface area contributed by atoms with E-state index in [2.05, 4.69) is 20.9 Å². The van der Waals surface area contributed by atoms with Crippen LogP contribution >= 0.6 is 0 Å². The summed E-state index contributed by atoms with van der Waals surface area (Å²) in [6.45, 7) is 3.62. The highest BCUT2D eigenvalue weighted by Gasteiger charge is 2.26. The lowest BCUT2D eigenvalue weighted by Gasteiger charge is -2.23. The lowest BCUT2D eigenvalue weighted by molar-refractivity contribution is -0.126. The molecule has 9 heteroatoms. The van der Waals surface area contributed by atoms with Crippen molar-refractivity contribution in [1.82, 2.24) is 10.6 Å². The second-order valence-corrected chi connectivity index (χ2v) is 10.6. The number of carbonyl (C=O) groups excluding carboxylic acids is 2. The SMILES string of the molecule is CC(C)[C@H](NCS(=O)(=O)c1ccc(N=Nc2ccccc2)cc1)C(=O)N[C@H](C=O)Cc1ccccc1. The van der Waals surface area contributed by atoms with Crippen molar-refractivity contribution in [3.8, 4) is 0 Å². The van der Waals surface area contributed by atoms with Crippen LogP contribution in [0.4, 0.5) is 11.4 Å². The third-order valence-electron chi connectivity index (χ3n) is 5.47. The highest BCUT2D eigenvalue weighted by Crippen LogP contribution is 2.20. The van der Waals surface area contributed by atoms with E-state index in [9.17, 15) is 18.0 Å². The summed E-state index contributed by atoms with van der Waals surface area (Å²) < 4.78 is 25.8. The van der Waals surface area contributed by atoms with Crippen molar-refractivity contribution in [2.75, 3.05) is 5.88 Å². The van der Waals surface area contributed by atoms with E-state index in [-0.39, 0.29) is 10.8 Å². The maximum atomic E-state index is 12.9. The molecule has 188 valence electrons. The number of amides is 1. The van der Waals surface area contributed by atoms with E-state index < -0.39 is 33.7 Å². The average Bonchev–Trinajstić information content (AvgIpc) is 2.88. The first kappa shape index (κ1) is 26.9. The summed E-state index contributed by atoms with van der Waals surface area (Å²) in [6.07, 6.45) is 1.04. The van der Waals surface area contributed by atoms with Crippen molar-refractivity contribution in [3.05, 3.63) is 90.5 Å². The number of aldehydes is 1. The molecule has 0 saturated heterocycles. The van der Waals surface area contributed by atoms with E-state index in [4.69, 9.17) is 0 Å². The second kappa shape index (κ2) is 12.9. The van der Waals surface area contributed by atoms with E-state index >= 15 is 0 Å². The van der Waals surface area contributed by atoms with E-state index in [0.29, 0.717) is 24.1 Å².